The van der Waals surface area contributed by atoms with E-state index in [1.807, 2.05) is 12.1 Å². The number of ether oxygens (including phenoxy) is 2. The molecule has 0 bridgehead atoms. The maximum absolute atomic E-state index is 11.8. The number of methoxy groups -OCH3 is 2. The molecular formula is C18H23N3O5. The van der Waals surface area contributed by atoms with Crippen LogP contribution in [0.15, 0.2) is 36.0 Å². The van der Waals surface area contributed by atoms with Crippen LogP contribution in [0.4, 0.5) is 11.4 Å². The molecule has 26 heavy (non-hydrogen) atoms. The van der Waals surface area contributed by atoms with Crippen LogP contribution in [-0.4, -0.2) is 45.2 Å². The van der Waals surface area contributed by atoms with E-state index in [0.29, 0.717) is 5.69 Å². The highest BCUT2D eigenvalue weighted by atomic mass is 16.5. The lowest BCUT2D eigenvalue weighted by Crippen LogP contribution is -2.38. The Bertz CT molecular complexity index is 691. The lowest BCUT2D eigenvalue weighted by atomic mass is 9.96. The van der Waals surface area contributed by atoms with E-state index in [4.69, 9.17) is 5.73 Å². The quantitative estimate of drug-likeness (QED) is 0.575. The Morgan fingerprint density at radius 2 is 1.73 bits per heavy atom. The summed E-state index contributed by atoms with van der Waals surface area (Å²) in [7, 11) is 2.46. The fourth-order valence-corrected chi connectivity index (χ4v) is 2.77. The highest BCUT2D eigenvalue weighted by molar-refractivity contribution is 5.98. The van der Waals surface area contributed by atoms with Crippen LogP contribution in [0, 0.1) is 5.92 Å². The van der Waals surface area contributed by atoms with Gasteiger partial charge in [-0.15, -0.1) is 0 Å². The number of rotatable bonds is 6. The van der Waals surface area contributed by atoms with Gasteiger partial charge in [0.05, 0.1) is 20.3 Å². The molecule has 0 radical (unpaired) electrons. The average Bonchev–Trinajstić information content (AvgIpc) is 2.67. The summed E-state index contributed by atoms with van der Waals surface area (Å²) in [6, 6.07) is 7.40. The minimum atomic E-state index is -0.673. The number of nitrogens with zero attached hydrogens (tertiary/aromatic N) is 1. The monoisotopic (exact) mass is 361 g/mol. The number of carbonyl (C=O) groups excluding carboxylic acids is 3. The zero-order valence-corrected chi connectivity index (χ0v) is 14.9. The van der Waals surface area contributed by atoms with Crippen molar-refractivity contribution in [2.75, 3.05) is 37.5 Å². The summed E-state index contributed by atoms with van der Waals surface area (Å²) in [4.78, 5) is 36.6. The van der Waals surface area contributed by atoms with Gasteiger partial charge in [0, 0.05) is 30.4 Å². The lowest BCUT2D eigenvalue weighted by molar-refractivity contribution is -0.138. The van der Waals surface area contributed by atoms with E-state index in [2.05, 4.69) is 19.7 Å². The van der Waals surface area contributed by atoms with Gasteiger partial charge in [0.25, 0.3) is 0 Å². The number of benzene rings is 1. The normalized spacial score (nSPS) is 15.3. The molecule has 1 saturated heterocycles. The first-order chi connectivity index (χ1) is 12.4. The van der Waals surface area contributed by atoms with Crippen molar-refractivity contribution in [1.82, 2.24) is 0 Å². The molecule has 0 unspecified atom stereocenters. The first-order valence-corrected chi connectivity index (χ1v) is 8.24. The number of hydrogen-bond donors (Lipinski definition) is 2. The van der Waals surface area contributed by atoms with Gasteiger partial charge in [-0.25, -0.2) is 9.59 Å². The van der Waals surface area contributed by atoms with Gasteiger partial charge >= 0.3 is 11.9 Å². The van der Waals surface area contributed by atoms with E-state index >= 15 is 0 Å². The molecule has 0 spiro atoms. The van der Waals surface area contributed by atoms with E-state index in [1.165, 1.54) is 14.2 Å². The predicted molar refractivity (Wildman–Crippen MR) is 96.3 cm³/mol. The molecule has 0 atom stereocenters. The number of nitrogens with two attached hydrogens (primary N) is 1. The fourth-order valence-electron chi connectivity index (χ4n) is 2.77. The van der Waals surface area contributed by atoms with E-state index < -0.39 is 11.9 Å². The van der Waals surface area contributed by atoms with Crippen molar-refractivity contribution in [2.45, 2.75) is 12.8 Å². The maximum atomic E-state index is 11.8. The summed E-state index contributed by atoms with van der Waals surface area (Å²) in [6.07, 6.45) is 2.52. The fraction of sp³-hybridized carbons (Fsp3) is 0.389. The van der Waals surface area contributed by atoms with Crippen LogP contribution in [0.2, 0.25) is 0 Å². The molecule has 2 rings (SSSR count). The molecule has 8 nitrogen and oxygen atoms in total. The number of carbonyl (C=O) groups is 3. The molecule has 8 heteroatoms. The van der Waals surface area contributed by atoms with E-state index in [1.54, 1.807) is 12.1 Å². The van der Waals surface area contributed by atoms with Crippen LogP contribution >= 0.6 is 0 Å². The number of piperidine rings is 1. The Morgan fingerprint density at radius 1 is 1.12 bits per heavy atom. The average molecular weight is 361 g/mol. The summed E-state index contributed by atoms with van der Waals surface area (Å²) < 4.78 is 9.19. The molecule has 0 aliphatic carbocycles. The molecule has 3 N–H and O–H groups in total. The highest BCUT2D eigenvalue weighted by Crippen LogP contribution is 2.25. The molecule has 1 fully saturated rings. The van der Waals surface area contributed by atoms with Crippen molar-refractivity contribution in [3.05, 3.63) is 36.0 Å². The number of amides is 1. The molecule has 1 aromatic rings. The van der Waals surface area contributed by atoms with Crippen molar-refractivity contribution in [1.29, 1.82) is 0 Å². The third-order valence-corrected chi connectivity index (χ3v) is 4.28. The molecule has 1 heterocycles. The molecule has 1 aliphatic rings. The van der Waals surface area contributed by atoms with Crippen molar-refractivity contribution in [2.24, 2.45) is 11.7 Å². The Morgan fingerprint density at radius 3 is 2.23 bits per heavy atom. The van der Waals surface area contributed by atoms with Gasteiger partial charge in [-0.3, -0.25) is 4.79 Å². The first kappa shape index (κ1) is 19.3. The van der Waals surface area contributed by atoms with Crippen molar-refractivity contribution in [3.8, 4) is 0 Å². The minimum absolute atomic E-state index is 0.0191. The Kier molecular flexibility index (Phi) is 6.60. The largest absolute Gasteiger partial charge is 0.466 e. The van der Waals surface area contributed by atoms with Gasteiger partial charge < -0.3 is 25.4 Å². The van der Waals surface area contributed by atoms with Crippen LogP contribution in [0.5, 0.6) is 0 Å². The summed E-state index contributed by atoms with van der Waals surface area (Å²) in [5.41, 5.74) is 6.97. The van der Waals surface area contributed by atoms with Gasteiger partial charge in [0.1, 0.15) is 5.70 Å². The van der Waals surface area contributed by atoms with Crippen LogP contribution < -0.4 is 16.0 Å². The number of esters is 2. The molecule has 0 aromatic heterocycles. The first-order valence-electron chi connectivity index (χ1n) is 8.24. The SMILES string of the molecule is COC(=O)/C=C(/Nc1ccc(N2CCC(C(N)=O)CC2)cc1)C(=O)OC. The second-order valence-electron chi connectivity index (χ2n) is 5.91. The van der Waals surface area contributed by atoms with Gasteiger partial charge in [-0.1, -0.05) is 0 Å². The number of nitrogens with one attached hydrogen (secondary N) is 1. The predicted octanol–water partition coefficient (Wildman–Crippen LogP) is 1.03. The molecule has 0 saturated carbocycles. The maximum Gasteiger partial charge on any atom is 0.354 e. The topological polar surface area (TPSA) is 111 Å². The third-order valence-electron chi connectivity index (χ3n) is 4.28. The number of primary amides is 1. The van der Waals surface area contributed by atoms with Gasteiger partial charge in [0.15, 0.2) is 0 Å². The second-order valence-corrected chi connectivity index (χ2v) is 5.91. The lowest BCUT2D eigenvalue weighted by Gasteiger charge is -2.32. The summed E-state index contributed by atoms with van der Waals surface area (Å²) in [5.74, 6) is -1.63. The van der Waals surface area contributed by atoms with Gasteiger partial charge in [-0.2, -0.15) is 0 Å². The van der Waals surface area contributed by atoms with Crippen molar-refractivity contribution in [3.63, 3.8) is 0 Å². The third kappa shape index (κ3) is 4.98. The summed E-state index contributed by atoms with van der Waals surface area (Å²) >= 11 is 0. The van der Waals surface area contributed by atoms with Crippen LogP contribution in [-0.2, 0) is 23.9 Å². The van der Waals surface area contributed by atoms with Crippen LogP contribution in [0.25, 0.3) is 0 Å². The molecule has 1 amide bonds. The summed E-state index contributed by atoms with van der Waals surface area (Å²) in [6.45, 7) is 1.52. The highest BCUT2D eigenvalue weighted by Gasteiger charge is 2.23. The van der Waals surface area contributed by atoms with Gasteiger partial charge in [-0.05, 0) is 37.1 Å². The second kappa shape index (κ2) is 8.89. The number of hydrogen-bond acceptors (Lipinski definition) is 7. The van der Waals surface area contributed by atoms with E-state index in [-0.39, 0.29) is 17.5 Å². The zero-order chi connectivity index (χ0) is 19.1. The molecule has 1 aromatic carbocycles. The van der Waals surface area contributed by atoms with Crippen molar-refractivity contribution >= 4 is 29.2 Å². The zero-order valence-electron chi connectivity index (χ0n) is 14.9. The van der Waals surface area contributed by atoms with Crippen LogP contribution in [0.1, 0.15) is 12.8 Å². The van der Waals surface area contributed by atoms with Crippen LogP contribution in [0.3, 0.4) is 0 Å². The molecule has 1 aliphatic heterocycles. The van der Waals surface area contributed by atoms with Gasteiger partial charge in [0.2, 0.25) is 5.91 Å². The van der Waals surface area contributed by atoms with Crippen molar-refractivity contribution < 1.29 is 23.9 Å². The molecule has 140 valence electrons. The van der Waals surface area contributed by atoms with E-state index in [9.17, 15) is 14.4 Å². The van der Waals surface area contributed by atoms with E-state index in [0.717, 1.165) is 37.7 Å². The molecular weight excluding hydrogens is 338 g/mol. The smallest absolute Gasteiger partial charge is 0.354 e. The number of anilines is 2. The standard InChI is InChI=1S/C18H23N3O5/c1-25-16(22)11-15(18(24)26-2)20-13-3-5-14(6-4-13)21-9-7-12(8-10-21)17(19)23/h3-6,11-12,20H,7-10H2,1-2H3,(H2,19,23)/b15-11+. The summed E-state index contributed by atoms with van der Waals surface area (Å²) in [5, 5.41) is 2.85. The Labute approximate surface area is 151 Å². The Balaban J connectivity index is 2.04. The minimum Gasteiger partial charge on any atom is -0.466 e. The Hall–Kier alpha value is -3.03.